The molecule has 2 unspecified atom stereocenters. The summed E-state index contributed by atoms with van der Waals surface area (Å²) in [7, 11) is 1.56. The Morgan fingerprint density at radius 1 is 1.00 bits per heavy atom. The number of hydrogen-bond donors (Lipinski definition) is 3. The average Bonchev–Trinajstić information content (AvgIpc) is 2.86. The van der Waals surface area contributed by atoms with Crippen LogP contribution in [0.15, 0.2) is 48.5 Å². The van der Waals surface area contributed by atoms with Crippen LogP contribution in [0.2, 0.25) is 0 Å². The van der Waals surface area contributed by atoms with E-state index in [4.69, 9.17) is 9.47 Å². The highest BCUT2D eigenvalue weighted by atomic mass is 16.6. The van der Waals surface area contributed by atoms with Crippen LogP contribution in [0, 0.1) is 0 Å². The molecule has 0 fully saturated rings. The molecular weight excluding hydrogens is 474 g/mol. The average molecular weight is 514 g/mol. The van der Waals surface area contributed by atoms with Gasteiger partial charge in [0, 0.05) is 12.2 Å². The molecule has 0 radical (unpaired) electrons. The van der Waals surface area contributed by atoms with Crippen molar-refractivity contribution in [2.45, 2.75) is 65.1 Å². The number of hydrogen-bond acceptors (Lipinski definition) is 6. The van der Waals surface area contributed by atoms with Gasteiger partial charge >= 0.3 is 6.09 Å². The number of aryl methyl sites for hydroxylation is 1. The Balaban J connectivity index is 2.42. The number of nitrogens with one attached hydrogen (secondary N) is 2. The summed E-state index contributed by atoms with van der Waals surface area (Å²) < 4.78 is 10.4. The third-order valence-corrected chi connectivity index (χ3v) is 5.54. The largest absolute Gasteiger partial charge is 0.497 e. The number of methoxy groups -OCH3 is 1. The second-order valence-corrected chi connectivity index (χ2v) is 9.63. The van der Waals surface area contributed by atoms with Crippen LogP contribution in [0.5, 0.6) is 5.75 Å². The van der Waals surface area contributed by atoms with Crippen LogP contribution in [0.25, 0.3) is 0 Å². The molecule has 37 heavy (non-hydrogen) atoms. The number of rotatable bonds is 11. The van der Waals surface area contributed by atoms with Crippen molar-refractivity contribution in [3.8, 4) is 5.75 Å². The van der Waals surface area contributed by atoms with Crippen LogP contribution in [0.3, 0.4) is 0 Å². The summed E-state index contributed by atoms with van der Waals surface area (Å²) in [6, 6.07) is 12.1. The molecule has 3 amide bonds. The lowest BCUT2D eigenvalue weighted by molar-refractivity contribution is -0.141. The van der Waals surface area contributed by atoms with E-state index in [1.54, 1.807) is 52.1 Å². The van der Waals surface area contributed by atoms with E-state index >= 15 is 0 Å². The first kappa shape index (κ1) is 29.6. The van der Waals surface area contributed by atoms with Crippen molar-refractivity contribution in [1.82, 2.24) is 10.2 Å². The van der Waals surface area contributed by atoms with Crippen LogP contribution < -0.4 is 15.4 Å². The molecule has 2 aromatic carbocycles. The molecule has 0 aliphatic heterocycles. The monoisotopic (exact) mass is 513 g/mol. The number of carbonyl (C=O) groups is 3. The van der Waals surface area contributed by atoms with E-state index in [-0.39, 0.29) is 6.54 Å². The first-order valence-electron chi connectivity index (χ1n) is 12.5. The summed E-state index contributed by atoms with van der Waals surface area (Å²) in [5, 5.41) is 15.3. The number of aliphatic hydroxyl groups is 1. The van der Waals surface area contributed by atoms with Gasteiger partial charge in [-0.25, -0.2) is 4.79 Å². The van der Waals surface area contributed by atoms with E-state index in [2.05, 4.69) is 10.6 Å². The van der Waals surface area contributed by atoms with E-state index < -0.39 is 42.2 Å². The molecule has 0 aliphatic rings. The van der Waals surface area contributed by atoms with Gasteiger partial charge in [-0.1, -0.05) is 38.1 Å². The van der Waals surface area contributed by atoms with Crippen molar-refractivity contribution in [3.05, 3.63) is 59.7 Å². The Morgan fingerprint density at radius 2 is 1.62 bits per heavy atom. The molecule has 3 N–H and O–H groups in total. The SMILES string of the molecule is CCCN(C(=O)C(CO)NC(=O)OC(C)(C)C)C(C(=O)Nc1ccc(OC)cc1)c1ccc(CC)cc1. The summed E-state index contributed by atoms with van der Waals surface area (Å²) in [4.78, 5) is 41.0. The maximum absolute atomic E-state index is 13.7. The molecule has 2 atom stereocenters. The van der Waals surface area contributed by atoms with E-state index in [1.807, 2.05) is 38.1 Å². The number of nitrogens with zero attached hydrogens (tertiary/aromatic N) is 1. The minimum Gasteiger partial charge on any atom is -0.497 e. The molecular formula is C28H39N3O6. The fraction of sp³-hybridized carbons (Fsp3) is 0.464. The summed E-state index contributed by atoms with van der Waals surface area (Å²) in [5.41, 5.74) is 1.46. The van der Waals surface area contributed by atoms with Crippen LogP contribution in [-0.2, 0) is 20.7 Å². The van der Waals surface area contributed by atoms with Crippen LogP contribution in [0.4, 0.5) is 10.5 Å². The van der Waals surface area contributed by atoms with Crippen molar-refractivity contribution in [2.24, 2.45) is 0 Å². The smallest absolute Gasteiger partial charge is 0.408 e. The molecule has 9 heteroatoms. The highest BCUT2D eigenvalue weighted by Gasteiger charge is 2.35. The number of anilines is 1. The molecule has 2 aromatic rings. The quantitative estimate of drug-likeness (QED) is 0.417. The lowest BCUT2D eigenvalue weighted by Crippen LogP contribution is -2.54. The molecule has 0 bridgehead atoms. The predicted molar refractivity (Wildman–Crippen MR) is 142 cm³/mol. The van der Waals surface area contributed by atoms with Crippen molar-refractivity contribution >= 4 is 23.6 Å². The molecule has 0 aliphatic carbocycles. The second-order valence-electron chi connectivity index (χ2n) is 9.63. The summed E-state index contributed by atoms with van der Waals surface area (Å²) >= 11 is 0. The van der Waals surface area contributed by atoms with Crippen molar-refractivity contribution in [2.75, 3.05) is 25.6 Å². The molecule has 0 saturated heterocycles. The summed E-state index contributed by atoms with van der Waals surface area (Å²) in [6.45, 7) is 8.58. The molecule has 0 heterocycles. The van der Waals surface area contributed by atoms with Crippen molar-refractivity contribution < 1.29 is 29.0 Å². The van der Waals surface area contributed by atoms with E-state index in [0.29, 0.717) is 23.4 Å². The van der Waals surface area contributed by atoms with Crippen LogP contribution in [-0.4, -0.2) is 59.8 Å². The highest BCUT2D eigenvalue weighted by Crippen LogP contribution is 2.26. The Kier molecular flexibility index (Phi) is 10.9. The first-order chi connectivity index (χ1) is 17.5. The van der Waals surface area contributed by atoms with Gasteiger partial charge < -0.3 is 30.1 Å². The Hall–Kier alpha value is -3.59. The highest BCUT2D eigenvalue weighted by molar-refractivity contribution is 5.99. The summed E-state index contributed by atoms with van der Waals surface area (Å²) in [6.07, 6.45) is 0.547. The number of benzene rings is 2. The topological polar surface area (TPSA) is 117 Å². The van der Waals surface area contributed by atoms with Gasteiger partial charge in [0.15, 0.2) is 0 Å². The molecule has 9 nitrogen and oxygen atoms in total. The minimum atomic E-state index is -1.28. The zero-order chi connectivity index (χ0) is 27.6. The van der Waals surface area contributed by atoms with Gasteiger partial charge in [0.1, 0.15) is 23.4 Å². The fourth-order valence-corrected chi connectivity index (χ4v) is 3.74. The maximum Gasteiger partial charge on any atom is 0.408 e. The zero-order valence-electron chi connectivity index (χ0n) is 22.5. The molecule has 202 valence electrons. The number of aliphatic hydroxyl groups excluding tert-OH is 1. The Labute approximate surface area is 219 Å². The van der Waals surface area contributed by atoms with Gasteiger partial charge in [-0.2, -0.15) is 0 Å². The van der Waals surface area contributed by atoms with Crippen LogP contribution in [0.1, 0.15) is 58.2 Å². The van der Waals surface area contributed by atoms with Gasteiger partial charge in [0.05, 0.1) is 13.7 Å². The third kappa shape index (κ3) is 8.78. The molecule has 0 saturated carbocycles. The van der Waals surface area contributed by atoms with Crippen LogP contribution >= 0.6 is 0 Å². The molecule has 0 aromatic heterocycles. The van der Waals surface area contributed by atoms with Gasteiger partial charge in [-0.15, -0.1) is 0 Å². The van der Waals surface area contributed by atoms with Gasteiger partial charge in [-0.3, -0.25) is 9.59 Å². The molecule has 2 rings (SSSR count). The van der Waals surface area contributed by atoms with Crippen molar-refractivity contribution in [1.29, 1.82) is 0 Å². The maximum atomic E-state index is 13.7. The second kappa shape index (κ2) is 13.6. The van der Waals surface area contributed by atoms with E-state index in [9.17, 15) is 19.5 Å². The third-order valence-electron chi connectivity index (χ3n) is 5.54. The normalized spacial score (nSPS) is 12.7. The zero-order valence-corrected chi connectivity index (χ0v) is 22.5. The molecule has 0 spiro atoms. The minimum absolute atomic E-state index is 0.224. The van der Waals surface area contributed by atoms with Crippen molar-refractivity contribution in [3.63, 3.8) is 0 Å². The van der Waals surface area contributed by atoms with Gasteiger partial charge in [-0.05, 0) is 69.0 Å². The van der Waals surface area contributed by atoms with Gasteiger partial charge in [0.2, 0.25) is 5.91 Å². The van der Waals surface area contributed by atoms with E-state index in [0.717, 1.165) is 12.0 Å². The summed E-state index contributed by atoms with van der Waals surface area (Å²) in [5.74, 6) is -0.374. The number of ether oxygens (including phenoxy) is 2. The standard InChI is InChI=1S/C28H39N3O6/c1-7-17-31(26(34)23(18-32)30-27(35)37-28(3,4)5)24(20-11-9-19(8-2)10-12-20)25(33)29-21-13-15-22(36-6)16-14-21/h9-16,23-24,32H,7-8,17-18H2,1-6H3,(H,29,33)(H,30,35). The number of alkyl carbamates (subject to hydrolysis) is 1. The number of carbonyl (C=O) groups excluding carboxylic acids is 3. The Morgan fingerprint density at radius 3 is 2.11 bits per heavy atom. The Bertz CT molecular complexity index is 1030. The first-order valence-corrected chi connectivity index (χ1v) is 12.5. The predicted octanol–water partition coefficient (Wildman–Crippen LogP) is 4.06. The lowest BCUT2D eigenvalue weighted by atomic mass is 10.00. The fourth-order valence-electron chi connectivity index (χ4n) is 3.74. The van der Waals surface area contributed by atoms with E-state index in [1.165, 1.54) is 4.90 Å². The number of amides is 3. The van der Waals surface area contributed by atoms with Gasteiger partial charge in [0.25, 0.3) is 5.91 Å². The lowest BCUT2D eigenvalue weighted by Gasteiger charge is -2.34.